The summed E-state index contributed by atoms with van der Waals surface area (Å²) in [5, 5.41) is 0. The molecule has 10 heavy (non-hydrogen) atoms. The van der Waals surface area contributed by atoms with E-state index in [2.05, 4.69) is 29.8 Å². The first kappa shape index (κ1) is 7.91. The topological polar surface area (TPSA) is 38.7 Å². The molecule has 1 aromatic rings. The van der Waals surface area contributed by atoms with E-state index in [0.29, 0.717) is 0 Å². The molecule has 0 bridgehead atoms. The Hall–Kier alpha value is -0.191. The standard InChI is InChI=1S/C3H2N3.3CH3.Sn/c1-4-2-6-3-5-1;;;;/h1-2H;3*1H3;. The molecule has 4 heteroatoms. The van der Waals surface area contributed by atoms with Crippen LogP contribution in [0.25, 0.3) is 0 Å². The van der Waals surface area contributed by atoms with Crippen LogP contribution in [0, 0.1) is 0 Å². The van der Waals surface area contributed by atoms with Crippen molar-refractivity contribution in [2.45, 2.75) is 14.8 Å². The van der Waals surface area contributed by atoms with Crippen LogP contribution in [-0.4, -0.2) is 33.3 Å². The van der Waals surface area contributed by atoms with Gasteiger partial charge in [0.15, 0.2) is 0 Å². The maximum absolute atomic E-state index is 4.12. The van der Waals surface area contributed by atoms with Crippen LogP contribution in [0.4, 0.5) is 0 Å². The van der Waals surface area contributed by atoms with E-state index in [1.807, 2.05) is 0 Å². The molecular weight excluding hydrogens is 233 g/mol. The monoisotopic (exact) mass is 245 g/mol. The van der Waals surface area contributed by atoms with E-state index in [1.54, 1.807) is 12.7 Å². The second kappa shape index (κ2) is 2.82. The van der Waals surface area contributed by atoms with E-state index in [-0.39, 0.29) is 0 Å². The van der Waals surface area contributed by atoms with Crippen LogP contribution in [0.2, 0.25) is 14.8 Å². The minimum absolute atomic E-state index is 1.05. The van der Waals surface area contributed by atoms with Crippen molar-refractivity contribution in [1.29, 1.82) is 0 Å². The van der Waals surface area contributed by atoms with Crippen molar-refractivity contribution in [3.8, 4) is 0 Å². The molecule has 0 aliphatic heterocycles. The first-order chi connectivity index (χ1) is 4.61. The van der Waals surface area contributed by atoms with Crippen molar-refractivity contribution in [2.75, 3.05) is 0 Å². The molecule has 1 aromatic heterocycles. The van der Waals surface area contributed by atoms with Gasteiger partial charge in [0.2, 0.25) is 0 Å². The molecule has 3 nitrogen and oxygen atoms in total. The van der Waals surface area contributed by atoms with Gasteiger partial charge in [0, 0.05) is 0 Å². The van der Waals surface area contributed by atoms with Crippen LogP contribution in [0.3, 0.4) is 0 Å². The van der Waals surface area contributed by atoms with Crippen molar-refractivity contribution in [2.24, 2.45) is 0 Å². The van der Waals surface area contributed by atoms with Gasteiger partial charge in [-0.3, -0.25) is 0 Å². The van der Waals surface area contributed by atoms with E-state index in [9.17, 15) is 0 Å². The molecule has 54 valence electrons. The van der Waals surface area contributed by atoms with Gasteiger partial charge in [-0.1, -0.05) is 0 Å². The Morgan fingerprint density at radius 2 is 1.60 bits per heavy atom. The molecule has 0 aromatic carbocycles. The summed E-state index contributed by atoms with van der Waals surface area (Å²) >= 11 is -1.97. The molecular formula is C6H11N3Sn. The predicted molar refractivity (Wildman–Crippen MR) is 42.8 cm³/mol. The number of hydrogen-bond acceptors (Lipinski definition) is 3. The first-order valence-electron chi connectivity index (χ1n) is 3.23. The summed E-state index contributed by atoms with van der Waals surface area (Å²) in [6, 6.07) is 0. The Morgan fingerprint density at radius 3 is 1.90 bits per heavy atom. The Morgan fingerprint density at radius 1 is 1.10 bits per heavy atom. The molecule has 0 aliphatic carbocycles. The van der Waals surface area contributed by atoms with Crippen molar-refractivity contribution in [3.05, 3.63) is 12.7 Å². The molecule has 0 radical (unpaired) electrons. The molecule has 0 saturated carbocycles. The van der Waals surface area contributed by atoms with Crippen LogP contribution in [-0.2, 0) is 0 Å². The van der Waals surface area contributed by atoms with Crippen LogP contribution in [0.5, 0.6) is 0 Å². The Labute approximate surface area is 64.8 Å². The van der Waals surface area contributed by atoms with Crippen molar-refractivity contribution in [3.63, 3.8) is 0 Å². The third-order valence-electron chi connectivity index (χ3n) is 1.16. The zero-order valence-electron chi connectivity index (χ0n) is 6.50. The molecule has 0 atom stereocenters. The molecule has 0 spiro atoms. The summed E-state index contributed by atoms with van der Waals surface area (Å²) in [5.41, 5.74) is 0. The fraction of sp³-hybridized carbons (Fsp3) is 0.500. The third-order valence-corrected chi connectivity index (χ3v) is 5.73. The van der Waals surface area contributed by atoms with E-state index in [0.717, 1.165) is 3.84 Å². The maximum atomic E-state index is 4.12. The SMILES string of the molecule is [CH3][Sn]([CH3])([CH3])[c]1ncncn1. The average molecular weight is 244 g/mol. The summed E-state index contributed by atoms with van der Waals surface area (Å²) in [6.45, 7) is 0. The molecule has 1 heterocycles. The molecule has 0 amide bonds. The van der Waals surface area contributed by atoms with Gasteiger partial charge < -0.3 is 0 Å². The summed E-state index contributed by atoms with van der Waals surface area (Å²) in [6.07, 6.45) is 3.15. The van der Waals surface area contributed by atoms with Gasteiger partial charge in [-0.25, -0.2) is 0 Å². The van der Waals surface area contributed by atoms with Gasteiger partial charge in [0.25, 0.3) is 0 Å². The van der Waals surface area contributed by atoms with Crippen molar-refractivity contribution < 1.29 is 0 Å². The first-order valence-corrected chi connectivity index (χ1v) is 13.2. The van der Waals surface area contributed by atoms with Gasteiger partial charge in [-0.15, -0.1) is 0 Å². The van der Waals surface area contributed by atoms with Crippen LogP contribution in [0.15, 0.2) is 12.7 Å². The molecule has 0 saturated heterocycles. The Kier molecular flexibility index (Phi) is 2.23. The fourth-order valence-electron chi connectivity index (χ4n) is 0.626. The normalized spacial score (nSPS) is 11.5. The molecule has 0 fully saturated rings. The Bertz CT molecular complexity index is 204. The van der Waals surface area contributed by atoms with Gasteiger partial charge >= 0.3 is 64.6 Å². The fourth-order valence-corrected chi connectivity index (χ4v) is 3.17. The van der Waals surface area contributed by atoms with Crippen LogP contribution >= 0.6 is 0 Å². The third kappa shape index (κ3) is 1.90. The van der Waals surface area contributed by atoms with E-state index in [1.165, 1.54) is 0 Å². The molecule has 1 rings (SSSR count). The van der Waals surface area contributed by atoms with Gasteiger partial charge in [0.1, 0.15) is 0 Å². The molecule has 0 N–H and O–H groups in total. The zero-order valence-corrected chi connectivity index (χ0v) is 9.35. The van der Waals surface area contributed by atoms with Crippen LogP contribution in [0.1, 0.15) is 0 Å². The zero-order chi connectivity index (χ0) is 7.61. The Balaban J connectivity index is 2.97. The molecule has 0 unspecified atom stereocenters. The summed E-state index contributed by atoms with van der Waals surface area (Å²) < 4.78 is 1.05. The van der Waals surface area contributed by atoms with E-state index in [4.69, 9.17) is 0 Å². The number of rotatable bonds is 1. The van der Waals surface area contributed by atoms with Crippen molar-refractivity contribution in [1.82, 2.24) is 15.0 Å². The summed E-state index contributed by atoms with van der Waals surface area (Å²) in [5.74, 6) is 0. The summed E-state index contributed by atoms with van der Waals surface area (Å²) in [7, 11) is 0. The van der Waals surface area contributed by atoms with E-state index >= 15 is 0 Å². The minimum atomic E-state index is -1.97. The quantitative estimate of drug-likeness (QED) is 0.672. The average Bonchev–Trinajstić information content (AvgIpc) is 1.88. The summed E-state index contributed by atoms with van der Waals surface area (Å²) in [4.78, 5) is 18.9. The number of hydrogen-bond donors (Lipinski definition) is 0. The van der Waals surface area contributed by atoms with Gasteiger partial charge in [0.05, 0.1) is 0 Å². The second-order valence-electron chi connectivity index (χ2n) is 3.21. The van der Waals surface area contributed by atoms with Crippen molar-refractivity contribution >= 4 is 22.2 Å². The van der Waals surface area contributed by atoms with Gasteiger partial charge in [-0.2, -0.15) is 0 Å². The number of aromatic nitrogens is 3. The van der Waals surface area contributed by atoms with Crippen LogP contribution < -0.4 is 3.84 Å². The molecule has 0 aliphatic rings. The number of nitrogens with zero attached hydrogens (tertiary/aromatic N) is 3. The van der Waals surface area contributed by atoms with Gasteiger partial charge in [-0.05, 0) is 0 Å². The van der Waals surface area contributed by atoms with E-state index < -0.39 is 18.4 Å². The second-order valence-corrected chi connectivity index (χ2v) is 17.3. The predicted octanol–water partition coefficient (Wildman–Crippen LogP) is 0.417.